The third kappa shape index (κ3) is 2.61. The lowest BCUT2D eigenvalue weighted by molar-refractivity contribution is 0.356. The van der Waals surface area contributed by atoms with Crippen molar-refractivity contribution in [3.05, 3.63) is 35.4 Å². The van der Waals surface area contributed by atoms with E-state index in [1.807, 2.05) is 6.92 Å². The van der Waals surface area contributed by atoms with Crippen molar-refractivity contribution in [2.45, 2.75) is 43.7 Å². The molecule has 0 amide bonds. The van der Waals surface area contributed by atoms with Gasteiger partial charge in [-0.15, -0.1) is 0 Å². The molecule has 0 unspecified atom stereocenters. The Balaban J connectivity index is 1.63. The number of aryl methyl sites for hydroxylation is 2. The second kappa shape index (κ2) is 5.31. The second-order valence-corrected chi connectivity index (χ2v) is 7.64. The fraction of sp³-hybridized carbons (Fsp3) is 0.467. The van der Waals surface area contributed by atoms with Gasteiger partial charge in [0.25, 0.3) is 0 Å². The summed E-state index contributed by atoms with van der Waals surface area (Å²) in [6.07, 6.45) is 2.35. The van der Waals surface area contributed by atoms with Crippen molar-refractivity contribution < 1.29 is 13.2 Å². The maximum atomic E-state index is 12.7. The van der Waals surface area contributed by atoms with Crippen LogP contribution < -0.4 is 9.46 Å². The molecule has 7 nitrogen and oxygen atoms in total. The van der Waals surface area contributed by atoms with E-state index in [1.54, 1.807) is 22.9 Å². The van der Waals surface area contributed by atoms with Crippen LogP contribution in [0.1, 0.15) is 36.1 Å². The molecule has 0 spiro atoms. The fourth-order valence-electron chi connectivity index (χ4n) is 3.17. The molecule has 0 fully saturated rings. The first-order valence-corrected chi connectivity index (χ1v) is 9.21. The summed E-state index contributed by atoms with van der Waals surface area (Å²) in [6.45, 7) is 3.21. The van der Waals surface area contributed by atoms with Crippen LogP contribution >= 0.6 is 0 Å². The van der Waals surface area contributed by atoms with Crippen LogP contribution in [0.4, 0.5) is 0 Å². The number of sulfonamides is 1. The molecule has 2 aliphatic rings. The van der Waals surface area contributed by atoms with Gasteiger partial charge < -0.3 is 4.74 Å². The molecule has 2 aromatic rings. The average Bonchev–Trinajstić information content (AvgIpc) is 3.11. The van der Waals surface area contributed by atoms with Crippen LogP contribution in [0.3, 0.4) is 0 Å². The minimum atomic E-state index is -3.60. The van der Waals surface area contributed by atoms with Crippen molar-refractivity contribution in [1.29, 1.82) is 0 Å². The van der Waals surface area contributed by atoms with Crippen molar-refractivity contribution in [3.8, 4) is 5.75 Å². The minimum Gasteiger partial charge on any atom is -0.493 e. The van der Waals surface area contributed by atoms with E-state index >= 15 is 0 Å². The maximum absolute atomic E-state index is 12.7. The molecule has 1 aromatic carbocycles. The Morgan fingerprint density at radius 1 is 1.39 bits per heavy atom. The second-order valence-electron chi connectivity index (χ2n) is 5.92. The number of benzene rings is 1. The molecule has 1 N–H and O–H groups in total. The highest BCUT2D eigenvalue weighted by Crippen LogP contribution is 2.29. The molecule has 1 atom stereocenters. The lowest BCUT2D eigenvalue weighted by Crippen LogP contribution is -2.33. The van der Waals surface area contributed by atoms with Gasteiger partial charge in [0, 0.05) is 13.0 Å². The van der Waals surface area contributed by atoms with Gasteiger partial charge in [0.05, 0.1) is 17.5 Å². The molecule has 1 aromatic heterocycles. The zero-order chi connectivity index (χ0) is 16.0. The largest absolute Gasteiger partial charge is 0.493 e. The predicted molar refractivity (Wildman–Crippen MR) is 82.7 cm³/mol. The zero-order valence-corrected chi connectivity index (χ0v) is 13.6. The monoisotopic (exact) mass is 334 g/mol. The topological polar surface area (TPSA) is 86.1 Å². The Bertz CT molecular complexity index is 860. The van der Waals surface area contributed by atoms with Gasteiger partial charge in [-0.2, -0.15) is 5.10 Å². The highest BCUT2D eigenvalue weighted by molar-refractivity contribution is 7.89. The molecular weight excluding hydrogens is 316 g/mol. The molecule has 8 heteroatoms. The SMILES string of the molecule is Cc1nc2n(n1)CCC[C@@H]2NS(=O)(=O)c1ccc2c(c1)CCO2. The van der Waals surface area contributed by atoms with Crippen LogP contribution in [0, 0.1) is 6.92 Å². The molecule has 0 saturated carbocycles. The van der Waals surface area contributed by atoms with Crippen molar-refractivity contribution >= 4 is 10.0 Å². The van der Waals surface area contributed by atoms with Gasteiger partial charge in [-0.05, 0) is 43.5 Å². The molecule has 2 aliphatic heterocycles. The van der Waals surface area contributed by atoms with Gasteiger partial charge in [-0.1, -0.05) is 0 Å². The number of aromatic nitrogens is 3. The van der Waals surface area contributed by atoms with Crippen LogP contribution in [-0.4, -0.2) is 29.8 Å². The Morgan fingerprint density at radius 2 is 2.26 bits per heavy atom. The Morgan fingerprint density at radius 3 is 3.13 bits per heavy atom. The van der Waals surface area contributed by atoms with Gasteiger partial charge in [-0.3, -0.25) is 0 Å². The average molecular weight is 334 g/mol. The van der Waals surface area contributed by atoms with Crippen LogP contribution in [0.15, 0.2) is 23.1 Å². The first kappa shape index (κ1) is 14.6. The third-order valence-electron chi connectivity index (χ3n) is 4.25. The van der Waals surface area contributed by atoms with E-state index < -0.39 is 10.0 Å². The number of fused-ring (bicyclic) bond motifs is 2. The summed E-state index contributed by atoms with van der Waals surface area (Å²) in [5.74, 6) is 2.14. The van der Waals surface area contributed by atoms with Crippen LogP contribution in [0.2, 0.25) is 0 Å². The summed E-state index contributed by atoms with van der Waals surface area (Å²) < 4.78 is 35.4. The predicted octanol–water partition coefficient (Wildman–Crippen LogP) is 1.33. The highest BCUT2D eigenvalue weighted by atomic mass is 32.2. The molecule has 3 heterocycles. The lowest BCUT2D eigenvalue weighted by atomic mass is 10.1. The highest BCUT2D eigenvalue weighted by Gasteiger charge is 2.29. The summed E-state index contributed by atoms with van der Waals surface area (Å²) in [7, 11) is -3.60. The van der Waals surface area contributed by atoms with Gasteiger partial charge in [0.2, 0.25) is 10.0 Å². The maximum Gasteiger partial charge on any atom is 0.241 e. The van der Waals surface area contributed by atoms with E-state index in [9.17, 15) is 8.42 Å². The standard InChI is InChI=1S/C15H18N4O3S/c1-10-16-15-13(3-2-7-19(15)17-10)18-23(20,21)12-4-5-14-11(9-12)6-8-22-14/h4-5,9,13,18H,2-3,6-8H2,1H3/t13-/m0/s1. The quantitative estimate of drug-likeness (QED) is 0.915. The van der Waals surface area contributed by atoms with E-state index in [0.29, 0.717) is 18.3 Å². The van der Waals surface area contributed by atoms with E-state index in [-0.39, 0.29) is 10.9 Å². The van der Waals surface area contributed by atoms with E-state index in [4.69, 9.17) is 4.74 Å². The summed E-state index contributed by atoms with van der Waals surface area (Å²) in [6, 6.07) is 4.68. The number of ether oxygens (including phenoxy) is 1. The molecule has 4 rings (SSSR count). The zero-order valence-electron chi connectivity index (χ0n) is 12.8. The number of nitrogens with zero attached hydrogens (tertiary/aromatic N) is 3. The van der Waals surface area contributed by atoms with E-state index in [0.717, 1.165) is 37.1 Å². The third-order valence-corrected chi connectivity index (χ3v) is 5.72. The number of hydrogen-bond donors (Lipinski definition) is 1. The van der Waals surface area contributed by atoms with Crippen molar-refractivity contribution in [3.63, 3.8) is 0 Å². The molecule has 0 radical (unpaired) electrons. The van der Waals surface area contributed by atoms with E-state index in [1.165, 1.54) is 0 Å². The van der Waals surface area contributed by atoms with Crippen molar-refractivity contribution in [1.82, 2.24) is 19.5 Å². The molecular formula is C15H18N4O3S. The Hall–Kier alpha value is -1.93. The van der Waals surface area contributed by atoms with Gasteiger partial charge in [0.15, 0.2) is 0 Å². The number of nitrogens with one attached hydrogen (secondary N) is 1. The van der Waals surface area contributed by atoms with Crippen molar-refractivity contribution in [2.75, 3.05) is 6.61 Å². The van der Waals surface area contributed by atoms with Crippen LogP contribution in [0.25, 0.3) is 0 Å². The minimum absolute atomic E-state index is 0.273. The summed E-state index contributed by atoms with van der Waals surface area (Å²) in [4.78, 5) is 4.65. The lowest BCUT2D eigenvalue weighted by Gasteiger charge is -2.23. The Labute approximate surface area is 134 Å². The molecule has 0 bridgehead atoms. The first-order chi connectivity index (χ1) is 11.0. The summed E-state index contributed by atoms with van der Waals surface area (Å²) in [5, 5.41) is 4.31. The molecule has 23 heavy (non-hydrogen) atoms. The fourth-order valence-corrected chi connectivity index (χ4v) is 4.44. The van der Waals surface area contributed by atoms with Crippen LogP contribution in [-0.2, 0) is 23.0 Å². The molecule has 0 saturated heterocycles. The van der Waals surface area contributed by atoms with Gasteiger partial charge in [0.1, 0.15) is 17.4 Å². The van der Waals surface area contributed by atoms with E-state index in [2.05, 4.69) is 14.8 Å². The first-order valence-electron chi connectivity index (χ1n) is 7.72. The summed E-state index contributed by atoms with van der Waals surface area (Å²) in [5.41, 5.74) is 0.940. The van der Waals surface area contributed by atoms with Gasteiger partial charge >= 0.3 is 0 Å². The van der Waals surface area contributed by atoms with Gasteiger partial charge in [-0.25, -0.2) is 22.8 Å². The summed E-state index contributed by atoms with van der Waals surface area (Å²) >= 11 is 0. The number of hydrogen-bond acceptors (Lipinski definition) is 5. The smallest absolute Gasteiger partial charge is 0.241 e. The molecule has 0 aliphatic carbocycles. The number of rotatable bonds is 3. The Kier molecular flexibility index (Phi) is 3.38. The molecule has 122 valence electrons. The van der Waals surface area contributed by atoms with Crippen LogP contribution in [0.5, 0.6) is 5.75 Å². The van der Waals surface area contributed by atoms with Crippen molar-refractivity contribution in [2.24, 2.45) is 0 Å². The normalized spacial score (nSPS) is 20.0.